The molecule has 0 atom stereocenters. The van der Waals surface area contributed by atoms with Gasteiger partial charge in [0, 0.05) is 12.4 Å². The molecule has 2 aromatic heterocycles. The summed E-state index contributed by atoms with van der Waals surface area (Å²) in [5, 5.41) is 6.54. The summed E-state index contributed by atoms with van der Waals surface area (Å²) in [5.41, 5.74) is 1.10. The van der Waals surface area contributed by atoms with E-state index in [4.69, 9.17) is 4.74 Å². The first-order chi connectivity index (χ1) is 10.6. The second kappa shape index (κ2) is 7.35. The quantitative estimate of drug-likeness (QED) is 0.858. The van der Waals surface area contributed by atoms with Crippen LogP contribution in [-0.4, -0.2) is 33.4 Å². The van der Waals surface area contributed by atoms with Gasteiger partial charge in [0.25, 0.3) is 5.91 Å². The fraction of sp³-hybridized carbons (Fsp3) is 0.333. The summed E-state index contributed by atoms with van der Waals surface area (Å²) in [6.07, 6.45) is 4.13. The number of ether oxygens (including phenoxy) is 1. The Morgan fingerprint density at radius 2 is 2.18 bits per heavy atom. The van der Waals surface area contributed by atoms with Gasteiger partial charge in [-0.2, -0.15) is 9.78 Å². The summed E-state index contributed by atoms with van der Waals surface area (Å²) < 4.78 is 6.02. The predicted octanol–water partition coefficient (Wildman–Crippen LogP) is 2.62. The maximum Gasteiger partial charge on any atom is 0.434 e. The van der Waals surface area contributed by atoms with Crippen LogP contribution in [0.1, 0.15) is 35.8 Å². The first kappa shape index (κ1) is 15.7. The molecule has 0 aromatic carbocycles. The van der Waals surface area contributed by atoms with Gasteiger partial charge in [-0.3, -0.25) is 4.79 Å². The molecular formula is C15H18N4O3. The zero-order valence-corrected chi connectivity index (χ0v) is 12.6. The highest BCUT2D eigenvalue weighted by atomic mass is 16.6. The summed E-state index contributed by atoms with van der Waals surface area (Å²) in [6, 6.07) is 5.02. The molecule has 1 N–H and O–H groups in total. The van der Waals surface area contributed by atoms with Crippen molar-refractivity contribution in [2.45, 2.75) is 26.7 Å². The Bertz CT molecular complexity index is 666. The zero-order valence-electron chi connectivity index (χ0n) is 12.6. The molecule has 22 heavy (non-hydrogen) atoms. The number of anilines is 1. The summed E-state index contributed by atoms with van der Waals surface area (Å²) in [6.45, 7) is 4.24. The number of amides is 1. The molecule has 0 radical (unpaired) electrons. The fourth-order valence-electron chi connectivity index (χ4n) is 1.70. The number of nitrogens with zero attached hydrogens (tertiary/aromatic N) is 3. The highest BCUT2D eigenvalue weighted by Gasteiger charge is 2.14. The van der Waals surface area contributed by atoms with E-state index >= 15 is 0 Å². The molecule has 0 aliphatic heterocycles. The molecule has 2 heterocycles. The molecule has 2 aromatic rings. The number of carbonyl (C=O) groups is 2. The van der Waals surface area contributed by atoms with Gasteiger partial charge in [0.05, 0.1) is 6.61 Å². The largest absolute Gasteiger partial charge is 0.448 e. The van der Waals surface area contributed by atoms with E-state index < -0.39 is 12.0 Å². The molecule has 7 heteroatoms. The lowest BCUT2D eigenvalue weighted by Gasteiger charge is -2.03. The van der Waals surface area contributed by atoms with Gasteiger partial charge in [-0.25, -0.2) is 9.78 Å². The van der Waals surface area contributed by atoms with Crippen molar-refractivity contribution in [3.63, 3.8) is 0 Å². The summed E-state index contributed by atoms with van der Waals surface area (Å²) >= 11 is 0. The SMILES string of the molecule is CCCCOC(=O)n1ccc(C(=O)Nc2cc(C)ccn2)n1. The van der Waals surface area contributed by atoms with E-state index in [1.165, 1.54) is 12.3 Å². The minimum absolute atomic E-state index is 0.121. The van der Waals surface area contributed by atoms with Gasteiger partial charge in [0.2, 0.25) is 0 Å². The molecule has 0 spiro atoms. The van der Waals surface area contributed by atoms with Crippen molar-refractivity contribution in [1.82, 2.24) is 14.8 Å². The van der Waals surface area contributed by atoms with E-state index in [0.29, 0.717) is 12.4 Å². The molecule has 116 valence electrons. The Morgan fingerprint density at radius 3 is 2.91 bits per heavy atom. The molecular weight excluding hydrogens is 284 g/mol. The van der Waals surface area contributed by atoms with Crippen LogP contribution < -0.4 is 5.32 Å². The first-order valence-corrected chi connectivity index (χ1v) is 7.07. The molecule has 0 fully saturated rings. The number of aromatic nitrogens is 3. The van der Waals surface area contributed by atoms with Gasteiger partial charge in [0.15, 0.2) is 5.69 Å². The van der Waals surface area contributed by atoms with Crippen LogP contribution in [-0.2, 0) is 4.74 Å². The molecule has 0 bridgehead atoms. The van der Waals surface area contributed by atoms with Crippen LogP contribution in [0.3, 0.4) is 0 Å². The van der Waals surface area contributed by atoms with Crippen molar-refractivity contribution >= 4 is 17.8 Å². The Hall–Kier alpha value is -2.70. The number of pyridine rings is 1. The minimum atomic E-state index is -0.596. The van der Waals surface area contributed by atoms with E-state index in [1.54, 1.807) is 12.3 Å². The lowest BCUT2D eigenvalue weighted by molar-refractivity contribution is 0.102. The van der Waals surface area contributed by atoms with Crippen LogP contribution in [0, 0.1) is 6.92 Å². The Morgan fingerprint density at radius 1 is 1.36 bits per heavy atom. The van der Waals surface area contributed by atoms with Gasteiger partial charge < -0.3 is 10.1 Å². The third-order valence-corrected chi connectivity index (χ3v) is 2.89. The highest BCUT2D eigenvalue weighted by molar-refractivity contribution is 6.02. The normalized spacial score (nSPS) is 10.3. The van der Waals surface area contributed by atoms with Crippen LogP contribution in [0.4, 0.5) is 10.6 Å². The van der Waals surface area contributed by atoms with Gasteiger partial charge >= 0.3 is 6.09 Å². The molecule has 0 aliphatic carbocycles. The van der Waals surface area contributed by atoms with Crippen LogP contribution in [0.2, 0.25) is 0 Å². The summed E-state index contributed by atoms with van der Waals surface area (Å²) in [5.74, 6) is 0.00304. The lowest BCUT2D eigenvalue weighted by atomic mass is 10.3. The highest BCUT2D eigenvalue weighted by Crippen LogP contribution is 2.07. The molecule has 0 saturated carbocycles. The number of aryl methyl sites for hydroxylation is 1. The van der Waals surface area contributed by atoms with E-state index in [-0.39, 0.29) is 5.69 Å². The van der Waals surface area contributed by atoms with E-state index in [9.17, 15) is 9.59 Å². The number of nitrogens with one attached hydrogen (secondary N) is 1. The standard InChI is InChI=1S/C15H18N4O3/c1-3-4-9-22-15(21)19-8-6-12(18-19)14(20)17-13-10-11(2)5-7-16-13/h5-8,10H,3-4,9H2,1-2H3,(H,16,17,20). The molecule has 2 rings (SSSR count). The topological polar surface area (TPSA) is 86.1 Å². The van der Waals surface area contributed by atoms with Crippen molar-refractivity contribution in [3.05, 3.63) is 41.9 Å². The van der Waals surface area contributed by atoms with Crippen molar-refractivity contribution in [1.29, 1.82) is 0 Å². The fourth-order valence-corrected chi connectivity index (χ4v) is 1.70. The van der Waals surface area contributed by atoms with Gasteiger partial charge in [-0.1, -0.05) is 13.3 Å². The Labute approximate surface area is 128 Å². The molecule has 1 amide bonds. The molecule has 0 saturated heterocycles. The number of unbranched alkanes of at least 4 members (excludes halogenated alkanes) is 1. The number of hydrogen-bond donors (Lipinski definition) is 1. The van der Waals surface area contributed by atoms with Crippen molar-refractivity contribution in [3.8, 4) is 0 Å². The molecule has 0 aliphatic rings. The van der Waals surface area contributed by atoms with E-state index in [2.05, 4.69) is 15.4 Å². The average Bonchev–Trinajstić information content (AvgIpc) is 2.97. The van der Waals surface area contributed by atoms with Crippen molar-refractivity contribution < 1.29 is 14.3 Å². The van der Waals surface area contributed by atoms with Crippen molar-refractivity contribution in [2.24, 2.45) is 0 Å². The summed E-state index contributed by atoms with van der Waals surface area (Å²) in [4.78, 5) is 27.8. The van der Waals surface area contributed by atoms with Gasteiger partial charge in [-0.15, -0.1) is 0 Å². The monoisotopic (exact) mass is 302 g/mol. The minimum Gasteiger partial charge on any atom is -0.448 e. The van der Waals surface area contributed by atoms with Gasteiger partial charge in [-0.05, 0) is 37.1 Å². The predicted molar refractivity (Wildman–Crippen MR) is 80.8 cm³/mol. The number of rotatable bonds is 5. The lowest BCUT2D eigenvalue weighted by Crippen LogP contribution is -2.18. The van der Waals surface area contributed by atoms with E-state index in [1.807, 2.05) is 19.9 Å². The Balaban J connectivity index is 1.98. The van der Waals surface area contributed by atoms with Crippen LogP contribution >= 0.6 is 0 Å². The molecule has 7 nitrogen and oxygen atoms in total. The van der Waals surface area contributed by atoms with Gasteiger partial charge in [0.1, 0.15) is 5.82 Å². The number of hydrogen-bond acceptors (Lipinski definition) is 5. The second-order valence-electron chi connectivity index (χ2n) is 4.79. The second-order valence-corrected chi connectivity index (χ2v) is 4.79. The van der Waals surface area contributed by atoms with Crippen LogP contribution in [0.15, 0.2) is 30.6 Å². The van der Waals surface area contributed by atoms with Crippen LogP contribution in [0.5, 0.6) is 0 Å². The third-order valence-electron chi connectivity index (χ3n) is 2.89. The first-order valence-electron chi connectivity index (χ1n) is 7.07. The maximum atomic E-state index is 12.0. The number of carbonyl (C=O) groups excluding carboxylic acids is 2. The third kappa shape index (κ3) is 4.15. The molecule has 0 unspecified atom stereocenters. The van der Waals surface area contributed by atoms with Crippen molar-refractivity contribution in [2.75, 3.05) is 11.9 Å². The Kier molecular flexibility index (Phi) is 5.24. The maximum absolute atomic E-state index is 12.0. The average molecular weight is 302 g/mol. The zero-order chi connectivity index (χ0) is 15.9. The smallest absolute Gasteiger partial charge is 0.434 e. The van der Waals surface area contributed by atoms with Crippen LogP contribution in [0.25, 0.3) is 0 Å². The van der Waals surface area contributed by atoms with E-state index in [0.717, 1.165) is 23.1 Å². The summed E-state index contributed by atoms with van der Waals surface area (Å²) in [7, 11) is 0.